The van der Waals surface area contributed by atoms with Crippen LogP contribution in [-0.4, -0.2) is 37.8 Å². The molecule has 3 rings (SSSR count). The third kappa shape index (κ3) is 4.08. The molecule has 0 radical (unpaired) electrons. The summed E-state index contributed by atoms with van der Waals surface area (Å²) in [7, 11) is 3.24. The molecular weight excluding hydrogens is 332 g/mol. The summed E-state index contributed by atoms with van der Waals surface area (Å²) in [5.74, 6) is 2.07. The number of aromatic nitrogens is 1. The van der Waals surface area contributed by atoms with Crippen molar-refractivity contribution in [2.24, 2.45) is 0 Å². The van der Waals surface area contributed by atoms with Crippen molar-refractivity contribution in [2.45, 2.75) is 6.54 Å². The van der Waals surface area contributed by atoms with Crippen LogP contribution in [0.15, 0.2) is 54.7 Å². The molecule has 26 heavy (non-hydrogen) atoms. The summed E-state index contributed by atoms with van der Waals surface area (Å²) in [5.41, 5.74) is 0.992. The maximum absolute atomic E-state index is 12.2. The summed E-state index contributed by atoms with van der Waals surface area (Å²) in [6, 6.07) is 15.2. The van der Waals surface area contributed by atoms with Crippen LogP contribution in [0.1, 0.15) is 0 Å². The number of rotatable bonds is 8. The van der Waals surface area contributed by atoms with Crippen molar-refractivity contribution in [1.29, 1.82) is 0 Å². The zero-order valence-electron chi connectivity index (χ0n) is 14.9. The molecular formula is C20H22N2O4. The van der Waals surface area contributed by atoms with E-state index in [1.807, 2.05) is 59.3 Å². The molecule has 1 heterocycles. The number of amides is 1. The number of benzene rings is 2. The van der Waals surface area contributed by atoms with E-state index in [4.69, 9.17) is 14.2 Å². The topological polar surface area (TPSA) is 61.7 Å². The lowest BCUT2D eigenvalue weighted by atomic mass is 10.2. The van der Waals surface area contributed by atoms with Gasteiger partial charge in [-0.15, -0.1) is 0 Å². The zero-order chi connectivity index (χ0) is 18.4. The first-order valence-corrected chi connectivity index (χ1v) is 8.36. The molecule has 0 atom stereocenters. The minimum Gasteiger partial charge on any atom is -0.497 e. The van der Waals surface area contributed by atoms with Gasteiger partial charge in [0.15, 0.2) is 11.5 Å². The van der Waals surface area contributed by atoms with Crippen LogP contribution in [0, 0.1) is 0 Å². The van der Waals surface area contributed by atoms with Crippen molar-refractivity contribution in [3.8, 4) is 17.2 Å². The molecule has 6 heteroatoms. The van der Waals surface area contributed by atoms with Crippen LogP contribution >= 0.6 is 0 Å². The predicted octanol–water partition coefficient (Wildman–Crippen LogP) is 2.85. The molecule has 0 unspecified atom stereocenters. The van der Waals surface area contributed by atoms with Gasteiger partial charge in [-0.2, -0.15) is 0 Å². The van der Waals surface area contributed by atoms with Crippen LogP contribution in [0.25, 0.3) is 10.9 Å². The molecule has 1 aromatic heterocycles. The smallest absolute Gasteiger partial charge is 0.240 e. The standard InChI is InChI=1S/C20H22N2O4/c1-24-16-7-8-17-15(13-16)9-11-22(17)14-20(23)21-10-12-26-19-6-4-3-5-18(19)25-2/h3-9,11,13H,10,12,14H2,1-2H3,(H,21,23). The summed E-state index contributed by atoms with van der Waals surface area (Å²) >= 11 is 0. The van der Waals surface area contributed by atoms with E-state index in [1.54, 1.807) is 14.2 Å². The first-order chi connectivity index (χ1) is 12.7. The van der Waals surface area contributed by atoms with Crippen LogP contribution < -0.4 is 19.5 Å². The molecule has 0 spiro atoms. The average Bonchev–Trinajstić information content (AvgIpc) is 3.07. The number of carbonyl (C=O) groups excluding carboxylic acids is 1. The van der Waals surface area contributed by atoms with Crippen LogP contribution in [0.4, 0.5) is 0 Å². The molecule has 3 aromatic rings. The van der Waals surface area contributed by atoms with E-state index < -0.39 is 0 Å². The van der Waals surface area contributed by atoms with Crippen molar-refractivity contribution in [3.05, 3.63) is 54.7 Å². The summed E-state index contributed by atoms with van der Waals surface area (Å²) in [5, 5.41) is 3.90. The number of nitrogens with zero attached hydrogens (tertiary/aromatic N) is 1. The molecule has 2 aromatic carbocycles. The van der Waals surface area contributed by atoms with E-state index in [0.29, 0.717) is 24.7 Å². The molecule has 0 bridgehead atoms. The van der Waals surface area contributed by atoms with Crippen molar-refractivity contribution in [3.63, 3.8) is 0 Å². The molecule has 0 aliphatic carbocycles. The fourth-order valence-corrected chi connectivity index (χ4v) is 2.74. The van der Waals surface area contributed by atoms with Gasteiger partial charge in [-0.25, -0.2) is 0 Å². The molecule has 0 aliphatic heterocycles. The van der Waals surface area contributed by atoms with E-state index in [0.717, 1.165) is 16.7 Å². The highest BCUT2D eigenvalue weighted by Crippen LogP contribution is 2.25. The summed E-state index contributed by atoms with van der Waals surface area (Å²) in [6.45, 7) is 1.05. The first-order valence-electron chi connectivity index (χ1n) is 8.36. The summed E-state index contributed by atoms with van der Waals surface area (Å²) in [4.78, 5) is 12.2. The molecule has 0 saturated carbocycles. The van der Waals surface area contributed by atoms with Crippen molar-refractivity contribution in [1.82, 2.24) is 9.88 Å². The number of fused-ring (bicyclic) bond motifs is 1. The predicted molar refractivity (Wildman–Crippen MR) is 100.0 cm³/mol. The number of carbonyl (C=O) groups is 1. The fourth-order valence-electron chi connectivity index (χ4n) is 2.74. The van der Waals surface area contributed by atoms with Gasteiger partial charge in [-0.05, 0) is 36.4 Å². The maximum Gasteiger partial charge on any atom is 0.240 e. The lowest BCUT2D eigenvalue weighted by Crippen LogP contribution is -2.31. The Bertz CT molecular complexity index is 888. The number of hydrogen-bond donors (Lipinski definition) is 1. The zero-order valence-corrected chi connectivity index (χ0v) is 14.9. The Kier molecular flexibility index (Phi) is 5.63. The van der Waals surface area contributed by atoms with Gasteiger partial charge in [-0.1, -0.05) is 12.1 Å². The third-order valence-electron chi connectivity index (χ3n) is 4.04. The minimum absolute atomic E-state index is 0.0676. The van der Waals surface area contributed by atoms with Gasteiger partial charge in [0.1, 0.15) is 18.9 Å². The van der Waals surface area contributed by atoms with Gasteiger partial charge >= 0.3 is 0 Å². The normalized spacial score (nSPS) is 10.5. The van der Waals surface area contributed by atoms with Crippen LogP contribution in [-0.2, 0) is 11.3 Å². The summed E-state index contributed by atoms with van der Waals surface area (Å²) < 4.78 is 18.0. The van der Waals surface area contributed by atoms with Crippen LogP contribution in [0.5, 0.6) is 17.2 Å². The largest absolute Gasteiger partial charge is 0.497 e. The van der Waals surface area contributed by atoms with E-state index in [-0.39, 0.29) is 12.5 Å². The van der Waals surface area contributed by atoms with E-state index in [9.17, 15) is 4.79 Å². The highest BCUT2D eigenvalue weighted by Gasteiger charge is 2.07. The number of methoxy groups -OCH3 is 2. The third-order valence-corrected chi connectivity index (χ3v) is 4.04. The van der Waals surface area contributed by atoms with Gasteiger partial charge in [0.25, 0.3) is 0 Å². The van der Waals surface area contributed by atoms with E-state index in [2.05, 4.69) is 5.32 Å². The van der Waals surface area contributed by atoms with Crippen molar-refractivity contribution >= 4 is 16.8 Å². The number of para-hydroxylation sites is 2. The van der Waals surface area contributed by atoms with Gasteiger partial charge < -0.3 is 24.1 Å². The SMILES string of the molecule is COc1ccc2c(ccn2CC(=O)NCCOc2ccccc2OC)c1. The first kappa shape index (κ1) is 17.7. The molecule has 1 N–H and O–H groups in total. The van der Waals surface area contributed by atoms with Crippen LogP contribution in [0.2, 0.25) is 0 Å². The molecule has 136 valence electrons. The Balaban J connectivity index is 1.50. The van der Waals surface area contributed by atoms with Crippen molar-refractivity contribution < 1.29 is 19.0 Å². The van der Waals surface area contributed by atoms with Crippen molar-refractivity contribution in [2.75, 3.05) is 27.4 Å². The maximum atomic E-state index is 12.2. The Morgan fingerprint density at radius 3 is 2.62 bits per heavy atom. The number of hydrogen-bond acceptors (Lipinski definition) is 4. The Hall–Kier alpha value is -3.15. The van der Waals surface area contributed by atoms with Gasteiger partial charge in [0.2, 0.25) is 5.91 Å². The van der Waals surface area contributed by atoms with Gasteiger partial charge in [0.05, 0.1) is 20.8 Å². The highest BCUT2D eigenvalue weighted by molar-refractivity contribution is 5.84. The summed E-state index contributed by atoms with van der Waals surface area (Å²) in [6.07, 6.45) is 1.90. The molecule has 0 saturated heterocycles. The monoisotopic (exact) mass is 354 g/mol. The van der Waals surface area contributed by atoms with Gasteiger partial charge in [0, 0.05) is 17.1 Å². The van der Waals surface area contributed by atoms with Crippen LogP contribution in [0.3, 0.4) is 0 Å². The lowest BCUT2D eigenvalue weighted by molar-refractivity contribution is -0.121. The van der Waals surface area contributed by atoms with E-state index in [1.165, 1.54) is 0 Å². The second-order valence-electron chi connectivity index (χ2n) is 5.72. The molecule has 6 nitrogen and oxygen atoms in total. The molecule has 1 amide bonds. The average molecular weight is 354 g/mol. The molecule has 0 fully saturated rings. The van der Waals surface area contributed by atoms with Gasteiger partial charge in [-0.3, -0.25) is 4.79 Å². The Morgan fingerprint density at radius 1 is 1.04 bits per heavy atom. The highest BCUT2D eigenvalue weighted by atomic mass is 16.5. The number of ether oxygens (including phenoxy) is 3. The Labute approximate surface area is 152 Å². The fraction of sp³-hybridized carbons (Fsp3) is 0.250. The lowest BCUT2D eigenvalue weighted by Gasteiger charge is -2.11. The van der Waals surface area contributed by atoms with E-state index >= 15 is 0 Å². The number of nitrogens with one attached hydrogen (secondary N) is 1. The second-order valence-corrected chi connectivity index (χ2v) is 5.72. The second kappa shape index (κ2) is 8.29. The minimum atomic E-state index is -0.0676. The quantitative estimate of drug-likeness (QED) is 0.632. The molecule has 0 aliphatic rings. The Morgan fingerprint density at radius 2 is 1.85 bits per heavy atom.